The van der Waals surface area contributed by atoms with E-state index < -0.39 is 21.5 Å². The van der Waals surface area contributed by atoms with Crippen LogP contribution in [0.5, 0.6) is 0 Å². The number of likely N-dealkylation sites (tertiary alicyclic amines) is 1. The van der Waals surface area contributed by atoms with Crippen LogP contribution in [-0.4, -0.2) is 43.4 Å². The molecule has 0 radical (unpaired) electrons. The van der Waals surface area contributed by atoms with Gasteiger partial charge in [-0.2, -0.15) is 0 Å². The predicted molar refractivity (Wildman–Crippen MR) is 89.5 cm³/mol. The van der Waals surface area contributed by atoms with Crippen LogP contribution in [0.3, 0.4) is 0 Å². The van der Waals surface area contributed by atoms with Crippen LogP contribution in [0, 0.1) is 0 Å². The molecule has 0 unspecified atom stereocenters. The molecule has 1 saturated heterocycles. The summed E-state index contributed by atoms with van der Waals surface area (Å²) in [4.78, 5) is 14.0. The molecule has 0 aliphatic carbocycles. The van der Waals surface area contributed by atoms with Gasteiger partial charge in [0.05, 0.1) is 10.6 Å². The number of sulfone groups is 1. The normalized spacial score (nSPS) is 19.0. The van der Waals surface area contributed by atoms with Gasteiger partial charge in [0.1, 0.15) is 5.60 Å². The number of halogens is 1. The Kier molecular flexibility index (Phi) is 5.26. The zero-order valence-electron chi connectivity index (χ0n) is 13.6. The molecule has 0 saturated carbocycles. The van der Waals surface area contributed by atoms with E-state index in [0.29, 0.717) is 18.0 Å². The highest BCUT2D eigenvalue weighted by atomic mass is 35.5. The van der Waals surface area contributed by atoms with Crippen molar-refractivity contribution in [2.45, 2.75) is 50.2 Å². The molecular formula is C16H22ClNO4S. The van der Waals surface area contributed by atoms with Gasteiger partial charge in [-0.3, -0.25) is 0 Å². The number of carbonyl (C=O) groups is 1. The van der Waals surface area contributed by atoms with Crippen molar-refractivity contribution in [1.82, 2.24) is 4.90 Å². The van der Waals surface area contributed by atoms with Gasteiger partial charge in [0.2, 0.25) is 0 Å². The van der Waals surface area contributed by atoms with Crippen LogP contribution in [0.4, 0.5) is 4.79 Å². The molecule has 128 valence electrons. The Hall–Kier alpha value is -1.27. The number of amides is 1. The van der Waals surface area contributed by atoms with E-state index >= 15 is 0 Å². The van der Waals surface area contributed by atoms with Gasteiger partial charge in [-0.25, -0.2) is 13.2 Å². The fraction of sp³-hybridized carbons (Fsp3) is 0.562. The molecule has 7 heteroatoms. The first kappa shape index (κ1) is 18.1. The topological polar surface area (TPSA) is 63.7 Å². The Morgan fingerprint density at radius 3 is 2.48 bits per heavy atom. The lowest BCUT2D eigenvalue weighted by molar-refractivity contribution is 0.0241. The summed E-state index contributed by atoms with van der Waals surface area (Å²) in [7, 11) is -3.48. The van der Waals surface area contributed by atoms with Gasteiger partial charge in [-0.1, -0.05) is 11.6 Å². The summed E-state index contributed by atoms with van der Waals surface area (Å²) in [6.45, 7) is 5.90. The van der Waals surface area contributed by atoms with Crippen LogP contribution in [0.15, 0.2) is 29.2 Å². The van der Waals surface area contributed by atoms with E-state index in [1.807, 2.05) is 0 Å². The molecular weight excluding hydrogens is 338 g/mol. The predicted octanol–water partition coefficient (Wildman–Crippen LogP) is 3.51. The molecule has 5 nitrogen and oxygen atoms in total. The quantitative estimate of drug-likeness (QED) is 0.828. The number of ether oxygens (including phenoxy) is 1. The van der Waals surface area contributed by atoms with Gasteiger partial charge in [0.25, 0.3) is 0 Å². The van der Waals surface area contributed by atoms with Gasteiger partial charge in [-0.05, 0) is 57.9 Å². The summed E-state index contributed by atoms with van der Waals surface area (Å²) >= 11 is 5.79. The summed E-state index contributed by atoms with van der Waals surface area (Å²) in [5.41, 5.74) is -0.598. The summed E-state index contributed by atoms with van der Waals surface area (Å²) in [6, 6.07) is 5.73. The van der Waals surface area contributed by atoms with E-state index in [-0.39, 0.29) is 16.7 Å². The van der Waals surface area contributed by atoms with E-state index in [1.54, 1.807) is 32.9 Å². The molecule has 1 aromatic rings. The molecule has 1 heterocycles. The molecule has 1 aliphatic heterocycles. The number of hydrogen-bond donors (Lipinski definition) is 0. The minimum Gasteiger partial charge on any atom is -0.444 e. The zero-order chi connectivity index (χ0) is 17.3. The maximum Gasteiger partial charge on any atom is 0.410 e. The van der Waals surface area contributed by atoms with E-state index in [2.05, 4.69) is 0 Å². The largest absolute Gasteiger partial charge is 0.444 e. The lowest BCUT2D eigenvalue weighted by atomic mass is 10.2. The lowest BCUT2D eigenvalue weighted by Crippen LogP contribution is -2.42. The van der Waals surface area contributed by atoms with Crippen LogP contribution in [-0.2, 0) is 14.6 Å². The maximum atomic E-state index is 12.5. The van der Waals surface area contributed by atoms with E-state index in [4.69, 9.17) is 16.3 Å². The number of benzene rings is 1. The second-order valence-corrected chi connectivity index (χ2v) is 9.18. The number of rotatable bonds is 3. The molecule has 1 amide bonds. The summed E-state index contributed by atoms with van der Waals surface area (Å²) in [5, 5.41) is 0.486. The molecule has 0 aromatic heterocycles. The molecule has 2 rings (SSSR count). The third-order valence-electron chi connectivity index (χ3n) is 3.59. The fourth-order valence-corrected chi connectivity index (χ4v) is 4.28. The Balaban J connectivity index is 2.11. The van der Waals surface area contributed by atoms with Crippen molar-refractivity contribution in [1.29, 1.82) is 0 Å². The molecule has 0 bridgehead atoms. The number of hydrogen-bond acceptors (Lipinski definition) is 4. The van der Waals surface area contributed by atoms with Crippen LogP contribution >= 0.6 is 11.6 Å². The maximum absolute atomic E-state index is 12.5. The van der Waals surface area contributed by atoms with Crippen molar-refractivity contribution in [2.75, 3.05) is 12.3 Å². The van der Waals surface area contributed by atoms with Crippen molar-refractivity contribution in [3.63, 3.8) is 0 Å². The van der Waals surface area contributed by atoms with E-state index in [1.165, 1.54) is 17.0 Å². The number of nitrogens with zero attached hydrogens (tertiary/aromatic N) is 1. The lowest BCUT2D eigenvalue weighted by Gasteiger charge is -2.28. The Bertz CT molecular complexity index is 664. The van der Waals surface area contributed by atoms with Crippen LogP contribution in [0.1, 0.15) is 33.6 Å². The van der Waals surface area contributed by atoms with Crippen LogP contribution in [0.2, 0.25) is 5.02 Å². The highest BCUT2D eigenvalue weighted by molar-refractivity contribution is 7.91. The Morgan fingerprint density at radius 2 is 1.91 bits per heavy atom. The average molecular weight is 360 g/mol. The third kappa shape index (κ3) is 4.85. The molecule has 1 fully saturated rings. The van der Waals surface area contributed by atoms with Gasteiger partial charge in [-0.15, -0.1) is 0 Å². The second-order valence-electron chi connectivity index (χ2n) is 6.71. The first-order valence-corrected chi connectivity index (χ1v) is 9.59. The SMILES string of the molecule is CC(C)(C)OC(=O)N1CCC[C@H]1CS(=O)(=O)c1ccc(Cl)cc1. The summed E-state index contributed by atoms with van der Waals surface area (Å²) < 4.78 is 30.4. The van der Waals surface area contributed by atoms with Crippen molar-refractivity contribution < 1.29 is 17.9 Å². The Morgan fingerprint density at radius 1 is 1.30 bits per heavy atom. The highest BCUT2D eigenvalue weighted by Gasteiger charge is 2.35. The molecule has 1 aliphatic rings. The summed E-state index contributed by atoms with van der Waals surface area (Å²) in [6.07, 6.45) is 0.984. The summed E-state index contributed by atoms with van der Waals surface area (Å²) in [5.74, 6) is -0.103. The average Bonchev–Trinajstić information content (AvgIpc) is 2.84. The van der Waals surface area contributed by atoms with Gasteiger partial charge in [0, 0.05) is 17.6 Å². The van der Waals surface area contributed by atoms with Crippen molar-refractivity contribution in [2.24, 2.45) is 0 Å². The molecule has 1 atom stereocenters. The van der Waals surface area contributed by atoms with Crippen molar-refractivity contribution in [3.8, 4) is 0 Å². The zero-order valence-corrected chi connectivity index (χ0v) is 15.2. The van der Waals surface area contributed by atoms with Gasteiger partial charge >= 0.3 is 6.09 Å². The smallest absolute Gasteiger partial charge is 0.410 e. The second kappa shape index (κ2) is 6.69. The minimum atomic E-state index is -3.48. The van der Waals surface area contributed by atoms with E-state index in [9.17, 15) is 13.2 Å². The molecule has 0 spiro atoms. The van der Waals surface area contributed by atoms with Crippen molar-refractivity contribution >= 4 is 27.5 Å². The van der Waals surface area contributed by atoms with Crippen LogP contribution in [0.25, 0.3) is 0 Å². The Labute approximate surface area is 142 Å². The number of carbonyl (C=O) groups excluding carboxylic acids is 1. The standard InChI is InChI=1S/C16H22ClNO4S/c1-16(2,3)22-15(19)18-10-4-5-13(18)11-23(20,21)14-8-6-12(17)7-9-14/h6-9,13H,4-5,10-11H2,1-3H3/t13-/m0/s1. The van der Waals surface area contributed by atoms with Gasteiger partial charge < -0.3 is 9.64 Å². The minimum absolute atomic E-state index is 0.103. The molecule has 1 aromatic carbocycles. The first-order valence-electron chi connectivity index (χ1n) is 7.56. The molecule has 23 heavy (non-hydrogen) atoms. The first-order chi connectivity index (χ1) is 10.6. The molecule has 0 N–H and O–H groups in total. The third-order valence-corrected chi connectivity index (χ3v) is 5.66. The van der Waals surface area contributed by atoms with E-state index in [0.717, 1.165) is 6.42 Å². The fourth-order valence-electron chi connectivity index (χ4n) is 2.56. The van der Waals surface area contributed by atoms with Crippen LogP contribution < -0.4 is 0 Å². The highest BCUT2D eigenvalue weighted by Crippen LogP contribution is 2.24. The monoisotopic (exact) mass is 359 g/mol. The van der Waals surface area contributed by atoms with Crippen molar-refractivity contribution in [3.05, 3.63) is 29.3 Å². The van der Waals surface area contributed by atoms with Gasteiger partial charge in [0.15, 0.2) is 9.84 Å².